The first-order valence-corrected chi connectivity index (χ1v) is 12.9. The lowest BCUT2D eigenvalue weighted by atomic mass is 9.89. The van der Waals surface area contributed by atoms with Crippen LogP contribution < -0.4 is 5.32 Å². The Hall–Kier alpha value is -2.96. The summed E-state index contributed by atoms with van der Waals surface area (Å²) in [4.78, 5) is 24.9. The maximum Gasteiger partial charge on any atom is 0.407 e. The van der Waals surface area contributed by atoms with Gasteiger partial charge in [-0.15, -0.1) is 0 Å². The SMILES string of the molecule is CCC[C@H](/C=C\CC[C@@H](O)[C@@H](C)C(=O)[C@H](C)COCc1ccccc1)NC(=O)OCc1ccccc1. The summed E-state index contributed by atoms with van der Waals surface area (Å²) in [6.45, 7) is 6.69. The van der Waals surface area contributed by atoms with E-state index in [-0.39, 0.29) is 24.3 Å². The number of allylic oxidation sites excluding steroid dienone is 1. The molecule has 2 aromatic rings. The molecule has 0 radical (unpaired) electrons. The van der Waals surface area contributed by atoms with Gasteiger partial charge < -0.3 is 19.9 Å². The van der Waals surface area contributed by atoms with Gasteiger partial charge in [-0.2, -0.15) is 0 Å². The van der Waals surface area contributed by atoms with E-state index < -0.39 is 18.1 Å². The predicted molar refractivity (Wildman–Crippen MR) is 142 cm³/mol. The van der Waals surface area contributed by atoms with Crippen molar-refractivity contribution in [3.05, 3.63) is 83.9 Å². The van der Waals surface area contributed by atoms with Crippen molar-refractivity contribution in [1.82, 2.24) is 5.32 Å². The monoisotopic (exact) mass is 495 g/mol. The third kappa shape index (κ3) is 11.2. The number of benzene rings is 2. The molecule has 2 rings (SSSR count). The van der Waals surface area contributed by atoms with Crippen LogP contribution in [0.1, 0.15) is 57.6 Å². The molecule has 2 aromatic carbocycles. The normalized spacial score (nSPS) is 14.7. The van der Waals surface area contributed by atoms with Crippen molar-refractivity contribution >= 4 is 11.9 Å². The van der Waals surface area contributed by atoms with E-state index in [0.29, 0.717) is 26.1 Å². The highest BCUT2D eigenvalue weighted by atomic mass is 16.5. The molecular formula is C30H41NO5. The molecule has 196 valence electrons. The van der Waals surface area contributed by atoms with Crippen LogP contribution in [0, 0.1) is 11.8 Å². The molecule has 0 aliphatic carbocycles. The second-order valence-electron chi connectivity index (χ2n) is 9.27. The zero-order valence-corrected chi connectivity index (χ0v) is 21.8. The third-order valence-electron chi connectivity index (χ3n) is 6.10. The van der Waals surface area contributed by atoms with Crippen molar-refractivity contribution < 1.29 is 24.2 Å². The second-order valence-corrected chi connectivity index (χ2v) is 9.27. The summed E-state index contributed by atoms with van der Waals surface area (Å²) in [5.41, 5.74) is 2.00. The Labute approximate surface area is 215 Å². The molecule has 2 N–H and O–H groups in total. The Balaban J connectivity index is 1.70. The van der Waals surface area contributed by atoms with Gasteiger partial charge >= 0.3 is 6.09 Å². The van der Waals surface area contributed by atoms with E-state index in [0.717, 1.165) is 24.0 Å². The summed E-state index contributed by atoms with van der Waals surface area (Å²) in [7, 11) is 0. The molecule has 0 spiro atoms. The number of carbonyl (C=O) groups excluding carboxylic acids is 2. The number of rotatable bonds is 16. The highest BCUT2D eigenvalue weighted by Gasteiger charge is 2.26. The fraction of sp³-hybridized carbons (Fsp3) is 0.467. The fourth-order valence-corrected chi connectivity index (χ4v) is 3.87. The number of nitrogens with one attached hydrogen (secondary N) is 1. The van der Waals surface area contributed by atoms with Crippen LogP contribution in [0.4, 0.5) is 4.79 Å². The summed E-state index contributed by atoms with van der Waals surface area (Å²) in [6.07, 6.45) is 5.48. The maximum absolute atomic E-state index is 12.7. The van der Waals surface area contributed by atoms with Gasteiger partial charge in [0.1, 0.15) is 12.4 Å². The predicted octanol–water partition coefficient (Wildman–Crippen LogP) is 5.84. The van der Waals surface area contributed by atoms with E-state index in [1.165, 1.54) is 0 Å². The highest BCUT2D eigenvalue weighted by Crippen LogP contribution is 2.17. The zero-order valence-electron chi connectivity index (χ0n) is 21.8. The van der Waals surface area contributed by atoms with Gasteiger partial charge in [0, 0.05) is 11.8 Å². The number of aliphatic hydroxyl groups is 1. The van der Waals surface area contributed by atoms with E-state index >= 15 is 0 Å². The number of hydrogen-bond donors (Lipinski definition) is 2. The first-order chi connectivity index (χ1) is 17.4. The molecule has 0 saturated carbocycles. The van der Waals surface area contributed by atoms with E-state index in [1.54, 1.807) is 6.92 Å². The van der Waals surface area contributed by atoms with Crippen LogP contribution in [0.3, 0.4) is 0 Å². The molecule has 0 aromatic heterocycles. The van der Waals surface area contributed by atoms with Crippen LogP contribution in [0.25, 0.3) is 0 Å². The van der Waals surface area contributed by atoms with Crippen LogP contribution in [0.15, 0.2) is 72.8 Å². The van der Waals surface area contributed by atoms with Crippen molar-refractivity contribution in [1.29, 1.82) is 0 Å². The van der Waals surface area contributed by atoms with Crippen molar-refractivity contribution in [2.75, 3.05) is 6.61 Å². The van der Waals surface area contributed by atoms with Crippen molar-refractivity contribution in [2.45, 2.75) is 71.8 Å². The van der Waals surface area contributed by atoms with E-state index in [9.17, 15) is 14.7 Å². The number of ether oxygens (including phenoxy) is 2. The summed E-state index contributed by atoms with van der Waals surface area (Å²) in [5.74, 6) is -0.744. The van der Waals surface area contributed by atoms with E-state index in [2.05, 4.69) is 12.2 Å². The first kappa shape index (κ1) is 29.3. The van der Waals surface area contributed by atoms with Crippen molar-refractivity contribution in [3.8, 4) is 0 Å². The average molecular weight is 496 g/mol. The Kier molecular flexibility index (Phi) is 13.5. The van der Waals surface area contributed by atoms with Crippen LogP contribution in [0.5, 0.6) is 0 Å². The van der Waals surface area contributed by atoms with Gasteiger partial charge in [-0.1, -0.05) is 100 Å². The molecule has 36 heavy (non-hydrogen) atoms. The minimum absolute atomic E-state index is 0.00577. The van der Waals surface area contributed by atoms with Crippen LogP contribution in [-0.4, -0.2) is 35.7 Å². The lowest BCUT2D eigenvalue weighted by Gasteiger charge is -2.21. The molecule has 0 aliphatic heterocycles. The largest absolute Gasteiger partial charge is 0.445 e. The Morgan fingerprint density at radius 1 is 0.944 bits per heavy atom. The molecule has 0 fully saturated rings. The van der Waals surface area contributed by atoms with Crippen LogP contribution in [0.2, 0.25) is 0 Å². The average Bonchev–Trinajstić information content (AvgIpc) is 2.90. The molecule has 0 unspecified atom stereocenters. The highest BCUT2D eigenvalue weighted by molar-refractivity contribution is 5.83. The third-order valence-corrected chi connectivity index (χ3v) is 6.10. The smallest absolute Gasteiger partial charge is 0.407 e. The number of carbonyl (C=O) groups is 2. The molecule has 0 heterocycles. The summed E-state index contributed by atoms with van der Waals surface area (Å²) < 4.78 is 11.0. The number of Topliss-reactive ketones (excluding diaryl/α,β-unsaturated/α-hetero) is 1. The Morgan fingerprint density at radius 3 is 2.17 bits per heavy atom. The van der Waals surface area contributed by atoms with Crippen molar-refractivity contribution in [3.63, 3.8) is 0 Å². The van der Waals surface area contributed by atoms with Gasteiger partial charge in [0.2, 0.25) is 0 Å². The second kappa shape index (κ2) is 16.7. The van der Waals surface area contributed by atoms with Gasteiger partial charge in [0.25, 0.3) is 0 Å². The van der Waals surface area contributed by atoms with Crippen molar-refractivity contribution in [2.24, 2.45) is 11.8 Å². The molecule has 0 saturated heterocycles. The molecule has 6 heteroatoms. The lowest BCUT2D eigenvalue weighted by molar-refractivity contribution is -0.131. The quantitative estimate of drug-likeness (QED) is 0.286. The number of ketones is 1. The molecule has 6 nitrogen and oxygen atoms in total. The van der Waals surface area contributed by atoms with Gasteiger partial charge in [-0.3, -0.25) is 4.79 Å². The van der Waals surface area contributed by atoms with Gasteiger partial charge in [0.05, 0.1) is 25.4 Å². The Morgan fingerprint density at radius 2 is 1.56 bits per heavy atom. The molecular weight excluding hydrogens is 454 g/mol. The van der Waals surface area contributed by atoms with Crippen LogP contribution >= 0.6 is 0 Å². The molecule has 0 bridgehead atoms. The molecule has 0 aliphatic rings. The summed E-state index contributed by atoms with van der Waals surface area (Å²) in [6, 6.07) is 19.2. The number of hydrogen-bond acceptors (Lipinski definition) is 5. The molecule has 1 amide bonds. The van der Waals surface area contributed by atoms with Gasteiger partial charge in [-0.05, 0) is 30.4 Å². The van der Waals surface area contributed by atoms with Gasteiger partial charge in [-0.25, -0.2) is 4.79 Å². The number of amides is 1. The first-order valence-electron chi connectivity index (χ1n) is 12.9. The summed E-state index contributed by atoms with van der Waals surface area (Å²) >= 11 is 0. The van der Waals surface area contributed by atoms with Gasteiger partial charge in [0.15, 0.2) is 0 Å². The van der Waals surface area contributed by atoms with E-state index in [4.69, 9.17) is 9.47 Å². The fourth-order valence-electron chi connectivity index (χ4n) is 3.87. The van der Waals surface area contributed by atoms with Crippen LogP contribution in [-0.2, 0) is 27.5 Å². The zero-order chi connectivity index (χ0) is 26.2. The maximum atomic E-state index is 12.7. The van der Waals surface area contributed by atoms with E-state index in [1.807, 2.05) is 79.7 Å². The summed E-state index contributed by atoms with van der Waals surface area (Å²) in [5, 5.41) is 13.4. The number of aliphatic hydroxyl groups excluding tert-OH is 1. The molecule has 4 atom stereocenters. The minimum Gasteiger partial charge on any atom is -0.445 e. The minimum atomic E-state index is -0.729. The standard InChI is InChI=1S/C30H41NO5/c1-4-13-27(31-30(34)36-22-26-16-9-6-10-17-26)18-11-12-19-28(32)24(3)29(33)23(2)20-35-21-25-14-7-5-8-15-25/h5-11,14-18,23-24,27-28,32H,4,12-13,19-22H2,1-3H3,(H,31,34)/b18-11-/t23-,24-,27-,28-/m1/s1. The number of alkyl carbamates (subject to hydrolysis) is 1. The Bertz CT molecular complexity index is 915. The lowest BCUT2D eigenvalue weighted by Crippen LogP contribution is -2.33. The topological polar surface area (TPSA) is 84.9 Å².